The average Bonchev–Trinajstić information content (AvgIpc) is 2.07. The quantitative estimate of drug-likeness (QED) is 0.679. The minimum absolute atomic E-state index is 0.0515. The van der Waals surface area contributed by atoms with Crippen LogP contribution in [0, 0.1) is 0 Å². The molecule has 1 aromatic rings. The van der Waals surface area contributed by atoms with Crippen molar-refractivity contribution in [1.82, 2.24) is 0 Å². The Hall–Kier alpha value is -0.830. The lowest BCUT2D eigenvalue weighted by Crippen LogP contribution is -1.79. The summed E-state index contributed by atoms with van der Waals surface area (Å²) in [6.07, 6.45) is 0.0234. The van der Waals surface area contributed by atoms with E-state index in [2.05, 4.69) is 0 Å². The van der Waals surface area contributed by atoms with Crippen molar-refractivity contribution in [1.29, 1.82) is 0 Å². The molecule has 0 unspecified atom stereocenters. The molecule has 0 bridgehead atoms. The molecule has 0 fully saturated rings. The van der Waals surface area contributed by atoms with Gasteiger partial charge in [-0.1, -0.05) is 30.3 Å². The highest BCUT2D eigenvalue weighted by molar-refractivity contribution is 8.07. The number of thioether (sulfide) groups is 1. The normalized spacial score (nSPS) is 9.58. The Kier molecular flexibility index (Phi) is 3.29. The molecular weight excluding hydrogens is 178 g/mol. The van der Waals surface area contributed by atoms with Crippen molar-refractivity contribution in [3.63, 3.8) is 0 Å². The van der Waals surface area contributed by atoms with E-state index in [-0.39, 0.29) is 4.91 Å². The average molecular weight is 186 g/mol. The molecule has 1 aromatic carbocycles. The van der Waals surface area contributed by atoms with E-state index in [1.54, 1.807) is 36.6 Å². The van der Waals surface area contributed by atoms with Gasteiger partial charge in [0.1, 0.15) is 0 Å². The fraction of sp³-hybridized carbons (Fsp3) is 0.111. The topological polar surface area (TPSA) is 0 Å². The fourth-order valence-corrected chi connectivity index (χ4v) is 1.42. The summed E-state index contributed by atoms with van der Waals surface area (Å²) in [6.45, 7) is 0. The van der Waals surface area contributed by atoms with E-state index < -0.39 is 6.08 Å². The van der Waals surface area contributed by atoms with Crippen molar-refractivity contribution >= 4 is 16.7 Å². The van der Waals surface area contributed by atoms with Gasteiger partial charge >= 0.3 is 0 Å². The summed E-state index contributed by atoms with van der Waals surface area (Å²) < 4.78 is 24.5. The van der Waals surface area contributed by atoms with Crippen LogP contribution in [0.15, 0.2) is 36.4 Å². The van der Waals surface area contributed by atoms with Crippen molar-refractivity contribution in [2.45, 2.75) is 0 Å². The molecule has 0 saturated carbocycles. The van der Waals surface area contributed by atoms with Crippen molar-refractivity contribution < 1.29 is 8.78 Å². The lowest BCUT2D eigenvalue weighted by atomic mass is 10.2. The van der Waals surface area contributed by atoms with Crippen LogP contribution < -0.4 is 0 Å². The zero-order chi connectivity index (χ0) is 8.97. The highest BCUT2D eigenvalue weighted by atomic mass is 32.2. The third-order valence-electron chi connectivity index (χ3n) is 1.41. The van der Waals surface area contributed by atoms with E-state index in [1.165, 1.54) is 0 Å². The van der Waals surface area contributed by atoms with Gasteiger partial charge in [0.05, 0.1) is 4.91 Å². The summed E-state index contributed by atoms with van der Waals surface area (Å²) >= 11 is 1.06. The van der Waals surface area contributed by atoms with Crippen LogP contribution >= 0.6 is 11.8 Å². The minimum Gasteiger partial charge on any atom is -0.172 e. The number of halogens is 2. The molecule has 0 nitrogen and oxygen atoms in total. The van der Waals surface area contributed by atoms with Crippen LogP contribution in [-0.2, 0) is 0 Å². The highest BCUT2D eigenvalue weighted by Gasteiger charge is 2.06. The number of hydrogen-bond acceptors (Lipinski definition) is 1. The van der Waals surface area contributed by atoms with Crippen LogP contribution in [-0.4, -0.2) is 6.26 Å². The van der Waals surface area contributed by atoms with E-state index in [4.69, 9.17) is 0 Å². The summed E-state index contributed by atoms with van der Waals surface area (Å²) in [6, 6.07) is 8.64. The molecule has 0 aliphatic heterocycles. The van der Waals surface area contributed by atoms with Crippen molar-refractivity contribution in [3.8, 4) is 0 Å². The minimum atomic E-state index is -1.62. The summed E-state index contributed by atoms with van der Waals surface area (Å²) in [5.41, 5.74) is 0.574. The molecule has 0 aromatic heterocycles. The first kappa shape index (κ1) is 9.26. The molecule has 0 amide bonds. The Balaban J connectivity index is 3.05. The summed E-state index contributed by atoms with van der Waals surface area (Å²) in [7, 11) is 0. The smallest absolute Gasteiger partial charge is 0.172 e. The number of benzene rings is 1. The molecule has 0 heterocycles. The van der Waals surface area contributed by atoms with Crippen molar-refractivity contribution in [2.75, 3.05) is 6.26 Å². The molecule has 0 saturated heterocycles. The third-order valence-corrected chi connectivity index (χ3v) is 2.21. The van der Waals surface area contributed by atoms with Crippen LogP contribution in [0.5, 0.6) is 0 Å². The molecule has 3 heteroatoms. The molecule has 0 aliphatic carbocycles. The monoisotopic (exact) mass is 186 g/mol. The van der Waals surface area contributed by atoms with Gasteiger partial charge in [-0.2, -0.15) is 8.78 Å². The first-order valence-electron chi connectivity index (χ1n) is 3.40. The van der Waals surface area contributed by atoms with Crippen molar-refractivity contribution in [2.24, 2.45) is 0 Å². The Morgan fingerprint density at radius 1 is 1.17 bits per heavy atom. The van der Waals surface area contributed by atoms with E-state index in [0.717, 1.165) is 11.8 Å². The van der Waals surface area contributed by atoms with Gasteiger partial charge in [0.25, 0.3) is 6.08 Å². The lowest BCUT2D eigenvalue weighted by molar-refractivity contribution is 0.428. The molecule has 0 radical (unpaired) electrons. The van der Waals surface area contributed by atoms with Gasteiger partial charge in [-0.05, 0) is 11.8 Å². The Morgan fingerprint density at radius 2 is 1.75 bits per heavy atom. The maximum absolute atomic E-state index is 12.2. The van der Waals surface area contributed by atoms with Gasteiger partial charge in [-0.25, -0.2) is 0 Å². The maximum Gasteiger partial charge on any atom is 0.284 e. The van der Waals surface area contributed by atoms with Gasteiger partial charge in [0.2, 0.25) is 0 Å². The van der Waals surface area contributed by atoms with E-state index in [1.807, 2.05) is 0 Å². The summed E-state index contributed by atoms with van der Waals surface area (Å²) in [5, 5.41) is 0. The van der Waals surface area contributed by atoms with Crippen molar-refractivity contribution in [3.05, 3.63) is 42.0 Å². The van der Waals surface area contributed by atoms with Crippen LogP contribution in [0.2, 0.25) is 0 Å². The van der Waals surface area contributed by atoms with Gasteiger partial charge in [0, 0.05) is 0 Å². The second kappa shape index (κ2) is 4.26. The Morgan fingerprint density at radius 3 is 2.17 bits per heavy atom. The summed E-state index contributed by atoms with van der Waals surface area (Å²) in [4.78, 5) is 0.0515. The zero-order valence-electron chi connectivity index (χ0n) is 6.55. The second-order valence-corrected chi connectivity index (χ2v) is 2.98. The lowest BCUT2D eigenvalue weighted by Gasteiger charge is -2.00. The first-order chi connectivity index (χ1) is 5.75. The molecule has 0 N–H and O–H groups in total. The predicted molar refractivity (Wildman–Crippen MR) is 49.1 cm³/mol. The van der Waals surface area contributed by atoms with Crippen LogP contribution in [0.25, 0.3) is 4.91 Å². The molecule has 12 heavy (non-hydrogen) atoms. The summed E-state index contributed by atoms with van der Waals surface area (Å²) in [5.74, 6) is 0. The second-order valence-electron chi connectivity index (χ2n) is 2.16. The van der Waals surface area contributed by atoms with Crippen LogP contribution in [0.3, 0.4) is 0 Å². The van der Waals surface area contributed by atoms with Gasteiger partial charge in [-0.15, -0.1) is 11.8 Å². The van der Waals surface area contributed by atoms with E-state index in [0.29, 0.717) is 5.56 Å². The maximum atomic E-state index is 12.2. The molecule has 1 rings (SSSR count). The third kappa shape index (κ3) is 2.08. The van der Waals surface area contributed by atoms with Gasteiger partial charge in [-0.3, -0.25) is 0 Å². The molecule has 0 atom stereocenters. The molecule has 0 aliphatic rings. The zero-order valence-corrected chi connectivity index (χ0v) is 7.37. The molecule has 64 valence electrons. The Labute approximate surface area is 74.3 Å². The SMILES string of the molecule is CSC(=C(F)F)c1ccccc1. The molecular formula is C9H8F2S. The van der Waals surface area contributed by atoms with Crippen LogP contribution in [0.1, 0.15) is 5.56 Å². The predicted octanol–water partition coefficient (Wildman–Crippen LogP) is 3.61. The first-order valence-corrected chi connectivity index (χ1v) is 4.63. The van der Waals surface area contributed by atoms with E-state index >= 15 is 0 Å². The van der Waals surface area contributed by atoms with Gasteiger partial charge < -0.3 is 0 Å². The largest absolute Gasteiger partial charge is 0.284 e. The number of hydrogen-bond donors (Lipinski definition) is 0. The highest BCUT2D eigenvalue weighted by Crippen LogP contribution is 2.29. The number of rotatable bonds is 2. The van der Waals surface area contributed by atoms with E-state index in [9.17, 15) is 8.78 Å². The molecule has 0 spiro atoms. The standard InChI is InChI=1S/C9H8F2S/c1-12-8(9(10)11)7-5-3-2-4-6-7/h2-6H,1H3. The fourth-order valence-electron chi connectivity index (χ4n) is 0.894. The van der Waals surface area contributed by atoms with Crippen LogP contribution in [0.4, 0.5) is 8.78 Å². The van der Waals surface area contributed by atoms with Gasteiger partial charge in [0.15, 0.2) is 0 Å². The Bertz CT molecular complexity index is 276.